The summed E-state index contributed by atoms with van der Waals surface area (Å²) in [5.74, 6) is -2.90. The number of imide groups is 1. The average Bonchev–Trinajstić information content (AvgIpc) is 3.61. The molecular formula is C26H28N2O9S. The molecule has 2 aromatic carbocycles. The van der Waals surface area contributed by atoms with E-state index in [4.69, 9.17) is 14.2 Å². The van der Waals surface area contributed by atoms with Gasteiger partial charge in [-0.3, -0.25) is 19.3 Å². The van der Waals surface area contributed by atoms with E-state index in [1.807, 2.05) is 0 Å². The van der Waals surface area contributed by atoms with Gasteiger partial charge >= 0.3 is 5.97 Å². The highest BCUT2D eigenvalue weighted by molar-refractivity contribution is 7.90. The van der Waals surface area contributed by atoms with E-state index < -0.39 is 45.3 Å². The number of fused-ring (bicyclic) bond motifs is 1. The van der Waals surface area contributed by atoms with Gasteiger partial charge < -0.3 is 19.5 Å². The number of amides is 3. The number of ether oxygens (including phenoxy) is 3. The fourth-order valence-electron chi connectivity index (χ4n) is 4.30. The second-order valence-electron chi connectivity index (χ2n) is 9.13. The van der Waals surface area contributed by atoms with E-state index in [0.29, 0.717) is 29.9 Å². The van der Waals surface area contributed by atoms with Gasteiger partial charge in [0.2, 0.25) is 5.91 Å². The summed E-state index contributed by atoms with van der Waals surface area (Å²) in [4.78, 5) is 53.2. The second kappa shape index (κ2) is 10.4. The van der Waals surface area contributed by atoms with Gasteiger partial charge in [0, 0.05) is 13.2 Å². The van der Waals surface area contributed by atoms with Gasteiger partial charge in [0.15, 0.2) is 11.5 Å². The number of hydrogen-bond donors (Lipinski definition) is 1. The summed E-state index contributed by atoms with van der Waals surface area (Å²) in [5.41, 5.74) is -0.252. The third-order valence-corrected chi connectivity index (χ3v) is 6.97. The molecule has 0 radical (unpaired) electrons. The first-order chi connectivity index (χ1) is 17.9. The lowest BCUT2D eigenvalue weighted by Crippen LogP contribution is -2.38. The molecule has 12 heteroatoms. The molecule has 1 atom stereocenters. The summed E-state index contributed by atoms with van der Waals surface area (Å²) in [7, 11) is -2.28. The summed E-state index contributed by atoms with van der Waals surface area (Å²) in [6.45, 7) is 3.28. The van der Waals surface area contributed by atoms with Crippen molar-refractivity contribution in [3.63, 3.8) is 0 Å². The van der Waals surface area contributed by atoms with Crippen molar-refractivity contribution in [3.8, 4) is 11.5 Å². The number of nitrogens with one attached hydrogen (secondary N) is 1. The summed E-state index contributed by atoms with van der Waals surface area (Å²) in [6, 6.07) is 6.01. The lowest BCUT2D eigenvalue weighted by molar-refractivity contribution is -0.114. The first-order valence-electron chi connectivity index (χ1n) is 12.0. The molecule has 1 saturated carbocycles. The van der Waals surface area contributed by atoms with Crippen molar-refractivity contribution in [2.75, 3.05) is 31.0 Å². The van der Waals surface area contributed by atoms with E-state index in [9.17, 15) is 27.6 Å². The van der Waals surface area contributed by atoms with E-state index in [1.165, 1.54) is 38.3 Å². The molecule has 0 saturated heterocycles. The highest BCUT2D eigenvalue weighted by Crippen LogP contribution is 2.40. The highest BCUT2D eigenvalue weighted by atomic mass is 32.2. The van der Waals surface area contributed by atoms with E-state index >= 15 is 0 Å². The zero-order valence-electron chi connectivity index (χ0n) is 21.4. The van der Waals surface area contributed by atoms with Gasteiger partial charge in [-0.15, -0.1) is 0 Å². The van der Waals surface area contributed by atoms with E-state index in [2.05, 4.69) is 5.32 Å². The molecule has 2 aromatic rings. The van der Waals surface area contributed by atoms with Gasteiger partial charge in [-0.25, -0.2) is 13.2 Å². The van der Waals surface area contributed by atoms with Crippen molar-refractivity contribution in [2.45, 2.75) is 38.8 Å². The molecule has 1 heterocycles. The summed E-state index contributed by atoms with van der Waals surface area (Å²) >= 11 is 0. The Balaban J connectivity index is 1.86. The topological polar surface area (TPSA) is 145 Å². The molecule has 1 N–H and O–H groups in total. The SMILES string of the molecule is CCOc1cc([C@@H](CS(C)(=O)=O)N2C(=O)c3c(NC(C)=O)ccc(C(=O)OC4CC4)c3C2=O)ccc1OC. The molecule has 0 aromatic heterocycles. The van der Waals surface area contributed by atoms with Gasteiger partial charge in [-0.2, -0.15) is 0 Å². The number of rotatable bonds is 10. The Morgan fingerprint density at radius 3 is 2.34 bits per heavy atom. The largest absolute Gasteiger partial charge is 0.493 e. The number of anilines is 1. The monoisotopic (exact) mass is 544 g/mol. The number of hydrogen-bond acceptors (Lipinski definition) is 9. The minimum absolute atomic E-state index is 0.0270. The zero-order valence-corrected chi connectivity index (χ0v) is 22.2. The molecule has 11 nitrogen and oxygen atoms in total. The number of nitrogens with zero attached hydrogens (tertiary/aromatic N) is 1. The lowest BCUT2D eigenvalue weighted by atomic mass is 10.0. The van der Waals surface area contributed by atoms with Crippen molar-refractivity contribution < 1.29 is 41.8 Å². The van der Waals surface area contributed by atoms with Crippen molar-refractivity contribution in [1.82, 2.24) is 4.90 Å². The molecule has 202 valence electrons. The maximum Gasteiger partial charge on any atom is 0.339 e. The van der Waals surface area contributed by atoms with E-state index in [-0.39, 0.29) is 35.1 Å². The molecule has 0 bridgehead atoms. The van der Waals surface area contributed by atoms with Gasteiger partial charge in [0.1, 0.15) is 15.9 Å². The molecule has 1 fully saturated rings. The van der Waals surface area contributed by atoms with Crippen LogP contribution in [0.15, 0.2) is 30.3 Å². The molecule has 38 heavy (non-hydrogen) atoms. The minimum Gasteiger partial charge on any atom is -0.493 e. The molecule has 4 rings (SSSR count). The zero-order chi connectivity index (χ0) is 27.8. The fraction of sp³-hybridized carbons (Fsp3) is 0.385. The molecule has 1 aliphatic heterocycles. The smallest absolute Gasteiger partial charge is 0.339 e. The highest BCUT2D eigenvalue weighted by Gasteiger charge is 2.46. The number of carbonyl (C=O) groups excluding carboxylic acids is 4. The normalized spacial score (nSPS) is 15.6. The Hall–Kier alpha value is -3.93. The molecule has 1 aliphatic carbocycles. The van der Waals surface area contributed by atoms with Crippen LogP contribution in [0, 0.1) is 0 Å². The van der Waals surface area contributed by atoms with Crippen LogP contribution in [0.4, 0.5) is 5.69 Å². The first kappa shape index (κ1) is 27.1. The molecule has 0 spiro atoms. The van der Waals surface area contributed by atoms with Crippen LogP contribution in [0.1, 0.15) is 69.4 Å². The number of methoxy groups -OCH3 is 1. The van der Waals surface area contributed by atoms with E-state index in [0.717, 1.165) is 11.2 Å². The van der Waals surface area contributed by atoms with Crippen LogP contribution in [0.25, 0.3) is 0 Å². The standard InChI is InChI=1S/C26H28N2O9S/c1-5-36-21-12-15(6-11-20(21)35-3)19(13-38(4,33)34)28-24(30)22-17(26(32)37-16-7-8-16)9-10-18(27-14(2)29)23(22)25(28)31/h6,9-12,16,19H,5,7-8,13H2,1-4H3,(H,27,29)/t19-/m1/s1. The van der Waals surface area contributed by atoms with Crippen LogP contribution in [0.5, 0.6) is 11.5 Å². The fourth-order valence-corrected chi connectivity index (χ4v) is 5.22. The maximum absolute atomic E-state index is 13.8. The molecule has 3 amide bonds. The van der Waals surface area contributed by atoms with Gasteiger partial charge in [0.05, 0.1) is 47.9 Å². The third kappa shape index (κ3) is 5.49. The molecular weight excluding hydrogens is 516 g/mol. The maximum atomic E-state index is 13.8. The quantitative estimate of drug-likeness (QED) is 0.352. The van der Waals surface area contributed by atoms with Crippen molar-refractivity contribution >= 4 is 39.2 Å². The number of esters is 1. The number of benzene rings is 2. The number of carbonyl (C=O) groups is 4. The number of sulfone groups is 1. The van der Waals surface area contributed by atoms with Crippen LogP contribution in [0.2, 0.25) is 0 Å². The van der Waals surface area contributed by atoms with Gasteiger partial charge in [-0.05, 0) is 49.6 Å². The van der Waals surface area contributed by atoms with E-state index in [1.54, 1.807) is 13.0 Å². The summed E-state index contributed by atoms with van der Waals surface area (Å²) in [5, 5.41) is 2.52. The lowest BCUT2D eigenvalue weighted by Gasteiger charge is -2.27. The third-order valence-electron chi connectivity index (χ3n) is 6.04. The Morgan fingerprint density at radius 2 is 1.76 bits per heavy atom. The summed E-state index contributed by atoms with van der Waals surface area (Å²) in [6.07, 6.45) is 2.14. The molecule has 0 unspecified atom stereocenters. The van der Waals surface area contributed by atoms with Crippen LogP contribution in [0.3, 0.4) is 0 Å². The predicted octanol–water partition coefficient (Wildman–Crippen LogP) is 2.75. The second-order valence-corrected chi connectivity index (χ2v) is 11.3. The van der Waals surface area contributed by atoms with Gasteiger partial charge in [0.25, 0.3) is 11.8 Å². The van der Waals surface area contributed by atoms with Crippen molar-refractivity contribution in [2.24, 2.45) is 0 Å². The minimum atomic E-state index is -3.73. The van der Waals surface area contributed by atoms with Crippen molar-refractivity contribution in [1.29, 1.82) is 0 Å². The molecule has 2 aliphatic rings. The van der Waals surface area contributed by atoms with Crippen LogP contribution < -0.4 is 14.8 Å². The predicted molar refractivity (Wildman–Crippen MR) is 136 cm³/mol. The van der Waals surface area contributed by atoms with Crippen LogP contribution >= 0.6 is 0 Å². The van der Waals surface area contributed by atoms with Crippen LogP contribution in [-0.4, -0.2) is 68.8 Å². The average molecular weight is 545 g/mol. The van der Waals surface area contributed by atoms with Crippen LogP contribution in [-0.2, 0) is 19.4 Å². The van der Waals surface area contributed by atoms with Crippen molar-refractivity contribution in [3.05, 3.63) is 52.6 Å². The Morgan fingerprint density at radius 1 is 1.08 bits per heavy atom. The Labute approximate surface area is 220 Å². The summed E-state index contributed by atoms with van der Waals surface area (Å²) < 4.78 is 41.2. The Kier molecular flexibility index (Phi) is 7.45. The first-order valence-corrected chi connectivity index (χ1v) is 14.0. The Bertz CT molecular complexity index is 1430. The van der Waals surface area contributed by atoms with Gasteiger partial charge in [-0.1, -0.05) is 6.07 Å².